The van der Waals surface area contributed by atoms with E-state index in [0.29, 0.717) is 16.1 Å². The maximum absolute atomic E-state index is 12.3. The van der Waals surface area contributed by atoms with Gasteiger partial charge in [0.25, 0.3) is 5.91 Å². The molecule has 0 saturated carbocycles. The van der Waals surface area contributed by atoms with Crippen LogP contribution in [-0.2, 0) is 0 Å². The third-order valence-corrected chi connectivity index (χ3v) is 5.32. The number of carbonyl (C=O) groups excluding carboxylic acids is 1. The topological polar surface area (TPSA) is 87.7 Å². The number of hydrogen-bond acceptors (Lipinski definition) is 4. The molecule has 0 aliphatic carbocycles. The van der Waals surface area contributed by atoms with E-state index in [1.54, 1.807) is 24.3 Å². The number of hydrogen-bond donors (Lipinski definition) is 3. The van der Waals surface area contributed by atoms with Gasteiger partial charge in [-0.15, -0.1) is 11.3 Å². The molecule has 110 valence electrons. The Kier molecular flexibility index (Phi) is 5.02. The number of oxime groups is 1. The number of nitrogens with two attached hydrogens (primary N) is 1. The fourth-order valence-corrected chi connectivity index (χ4v) is 3.44. The van der Waals surface area contributed by atoms with Crippen molar-refractivity contribution in [1.82, 2.24) is 0 Å². The van der Waals surface area contributed by atoms with E-state index >= 15 is 0 Å². The largest absolute Gasteiger partial charge is 0.409 e. The van der Waals surface area contributed by atoms with Gasteiger partial charge >= 0.3 is 0 Å². The maximum atomic E-state index is 12.3. The number of benzene rings is 1. The summed E-state index contributed by atoms with van der Waals surface area (Å²) in [6.07, 6.45) is 0. The van der Waals surface area contributed by atoms with E-state index in [1.165, 1.54) is 11.3 Å². The molecule has 1 amide bonds. The van der Waals surface area contributed by atoms with E-state index < -0.39 is 0 Å². The zero-order valence-electron chi connectivity index (χ0n) is 10.9. The van der Waals surface area contributed by atoms with Crippen LogP contribution >= 0.6 is 43.2 Å². The predicted octanol–water partition coefficient (Wildman–Crippen LogP) is 3.93. The van der Waals surface area contributed by atoms with E-state index in [4.69, 9.17) is 10.9 Å². The number of nitrogens with one attached hydrogen (secondary N) is 1. The molecule has 0 unspecified atom stereocenters. The molecule has 0 aliphatic heterocycles. The first-order valence-corrected chi connectivity index (χ1v) is 8.17. The molecule has 2 aromatic rings. The normalized spacial score (nSPS) is 11.5. The molecule has 1 aromatic heterocycles. The Bertz CT molecular complexity index is 709. The van der Waals surface area contributed by atoms with E-state index in [0.717, 1.165) is 13.8 Å². The summed E-state index contributed by atoms with van der Waals surface area (Å²) >= 11 is 8.07. The van der Waals surface area contributed by atoms with Gasteiger partial charge in [0.15, 0.2) is 5.84 Å². The monoisotopic (exact) mass is 431 g/mol. The third kappa shape index (κ3) is 3.63. The van der Waals surface area contributed by atoms with Gasteiger partial charge < -0.3 is 16.3 Å². The van der Waals surface area contributed by atoms with Gasteiger partial charge in [0.05, 0.1) is 14.4 Å². The van der Waals surface area contributed by atoms with Gasteiger partial charge in [0.2, 0.25) is 0 Å². The van der Waals surface area contributed by atoms with Gasteiger partial charge in [-0.1, -0.05) is 21.1 Å². The average Bonchev–Trinajstić information content (AvgIpc) is 2.78. The summed E-state index contributed by atoms with van der Waals surface area (Å²) in [6.45, 7) is 1.91. The number of rotatable bonds is 3. The second-order valence-corrected chi connectivity index (χ2v) is 7.48. The summed E-state index contributed by atoms with van der Waals surface area (Å²) in [5.41, 5.74) is 7.52. The summed E-state index contributed by atoms with van der Waals surface area (Å²) in [6, 6.07) is 6.89. The van der Waals surface area contributed by atoms with Crippen LogP contribution in [0.5, 0.6) is 0 Å². The number of halogens is 2. The van der Waals surface area contributed by atoms with Crippen LogP contribution in [0.3, 0.4) is 0 Å². The molecule has 4 N–H and O–H groups in total. The van der Waals surface area contributed by atoms with Gasteiger partial charge in [0.1, 0.15) is 0 Å². The van der Waals surface area contributed by atoms with Crippen LogP contribution in [0.4, 0.5) is 5.69 Å². The predicted molar refractivity (Wildman–Crippen MR) is 91.4 cm³/mol. The molecule has 2 rings (SSSR count). The van der Waals surface area contributed by atoms with E-state index in [-0.39, 0.29) is 11.7 Å². The van der Waals surface area contributed by atoms with Crippen LogP contribution in [-0.4, -0.2) is 17.0 Å². The van der Waals surface area contributed by atoms with Crippen LogP contribution in [0.1, 0.15) is 20.8 Å². The van der Waals surface area contributed by atoms with Crippen LogP contribution in [0.15, 0.2) is 37.7 Å². The molecule has 0 fully saturated rings. The molecule has 0 aliphatic rings. The number of amides is 1. The molecule has 0 saturated heterocycles. The van der Waals surface area contributed by atoms with Crippen molar-refractivity contribution in [2.75, 3.05) is 5.32 Å². The SMILES string of the molecule is Cc1cc(C(=O)Nc2cc(Br)ccc2/C(N)=N/O)sc1Br. The van der Waals surface area contributed by atoms with Gasteiger partial charge in [-0.3, -0.25) is 4.79 Å². The minimum Gasteiger partial charge on any atom is -0.409 e. The van der Waals surface area contributed by atoms with Gasteiger partial charge in [-0.05, 0) is 52.7 Å². The van der Waals surface area contributed by atoms with E-state index in [1.807, 2.05) is 6.92 Å². The fourth-order valence-electron chi connectivity index (χ4n) is 1.65. The summed E-state index contributed by atoms with van der Waals surface area (Å²) in [7, 11) is 0. The lowest BCUT2D eigenvalue weighted by Crippen LogP contribution is -2.18. The van der Waals surface area contributed by atoms with Gasteiger partial charge in [-0.25, -0.2) is 0 Å². The molecular formula is C13H11Br2N3O2S. The summed E-state index contributed by atoms with van der Waals surface area (Å²) in [4.78, 5) is 12.8. The fraction of sp³-hybridized carbons (Fsp3) is 0.0769. The molecule has 1 heterocycles. The lowest BCUT2D eigenvalue weighted by atomic mass is 10.1. The molecule has 8 heteroatoms. The Morgan fingerprint density at radius 1 is 1.38 bits per heavy atom. The summed E-state index contributed by atoms with van der Waals surface area (Å²) in [5.74, 6) is -0.319. The summed E-state index contributed by atoms with van der Waals surface area (Å²) in [5, 5.41) is 14.5. The molecule has 5 nitrogen and oxygen atoms in total. The Hall–Kier alpha value is -1.38. The Labute approximate surface area is 142 Å². The van der Waals surface area contributed by atoms with Crippen molar-refractivity contribution < 1.29 is 10.0 Å². The lowest BCUT2D eigenvalue weighted by molar-refractivity contribution is 0.103. The molecule has 21 heavy (non-hydrogen) atoms. The maximum Gasteiger partial charge on any atom is 0.265 e. The molecular weight excluding hydrogens is 422 g/mol. The second-order valence-electron chi connectivity index (χ2n) is 4.20. The molecule has 0 spiro atoms. The van der Waals surface area contributed by atoms with Crippen molar-refractivity contribution in [3.8, 4) is 0 Å². The highest BCUT2D eigenvalue weighted by atomic mass is 79.9. The van der Waals surface area contributed by atoms with Crippen molar-refractivity contribution in [3.05, 3.63) is 48.5 Å². The van der Waals surface area contributed by atoms with Crippen molar-refractivity contribution in [3.63, 3.8) is 0 Å². The van der Waals surface area contributed by atoms with Crippen LogP contribution in [0.25, 0.3) is 0 Å². The number of thiophene rings is 1. The highest BCUT2D eigenvalue weighted by Gasteiger charge is 2.15. The zero-order chi connectivity index (χ0) is 15.6. The van der Waals surface area contributed by atoms with Crippen LogP contribution < -0.4 is 11.1 Å². The highest BCUT2D eigenvalue weighted by molar-refractivity contribution is 9.11. The third-order valence-electron chi connectivity index (χ3n) is 2.69. The number of nitrogens with zero attached hydrogens (tertiary/aromatic N) is 1. The van der Waals surface area contributed by atoms with Crippen molar-refractivity contribution in [2.24, 2.45) is 10.9 Å². The first-order valence-electron chi connectivity index (χ1n) is 5.77. The van der Waals surface area contributed by atoms with Gasteiger partial charge in [-0.2, -0.15) is 0 Å². The number of aryl methyl sites for hydroxylation is 1. The minimum atomic E-state index is -0.251. The lowest BCUT2D eigenvalue weighted by Gasteiger charge is -2.10. The van der Waals surface area contributed by atoms with E-state index in [2.05, 4.69) is 42.3 Å². The first-order chi connectivity index (χ1) is 9.92. The van der Waals surface area contributed by atoms with Gasteiger partial charge in [0, 0.05) is 10.0 Å². The standard InChI is InChI=1S/C13H11Br2N3O2S/c1-6-4-10(21-11(6)15)13(19)17-9-5-7(14)2-3-8(9)12(16)18-20/h2-5,20H,1H3,(H2,16,18)(H,17,19). The molecule has 0 bridgehead atoms. The summed E-state index contributed by atoms with van der Waals surface area (Å²) < 4.78 is 1.69. The first kappa shape index (κ1) is 16.0. The Morgan fingerprint density at radius 3 is 2.67 bits per heavy atom. The number of carbonyl (C=O) groups is 1. The molecule has 1 aromatic carbocycles. The quantitative estimate of drug-likeness (QED) is 0.297. The second kappa shape index (κ2) is 6.59. The van der Waals surface area contributed by atoms with Crippen LogP contribution in [0, 0.1) is 6.92 Å². The zero-order valence-corrected chi connectivity index (χ0v) is 14.8. The average molecular weight is 433 g/mol. The Balaban J connectivity index is 2.34. The molecule has 0 atom stereocenters. The Morgan fingerprint density at radius 2 is 2.10 bits per heavy atom. The highest BCUT2D eigenvalue weighted by Crippen LogP contribution is 2.29. The minimum absolute atomic E-state index is 0.0682. The van der Waals surface area contributed by atoms with E-state index in [9.17, 15) is 4.79 Å². The molecule has 0 radical (unpaired) electrons. The van der Waals surface area contributed by atoms with Crippen molar-refractivity contribution in [2.45, 2.75) is 6.92 Å². The number of amidine groups is 1. The number of anilines is 1. The smallest absolute Gasteiger partial charge is 0.265 e. The van der Waals surface area contributed by atoms with Crippen LogP contribution in [0.2, 0.25) is 0 Å². The van der Waals surface area contributed by atoms with Crippen molar-refractivity contribution >= 4 is 60.6 Å². The van der Waals surface area contributed by atoms with Crippen molar-refractivity contribution in [1.29, 1.82) is 0 Å².